The van der Waals surface area contributed by atoms with E-state index in [1.165, 1.54) is 0 Å². The summed E-state index contributed by atoms with van der Waals surface area (Å²) in [6.07, 6.45) is 4.36. The van der Waals surface area contributed by atoms with Gasteiger partial charge in [0.15, 0.2) is 0 Å². The highest BCUT2D eigenvalue weighted by atomic mass is 32.1. The van der Waals surface area contributed by atoms with E-state index in [1.54, 1.807) is 23.5 Å². The highest BCUT2D eigenvalue weighted by molar-refractivity contribution is 7.18. The smallest absolute Gasteiger partial charge is 0.253 e. The van der Waals surface area contributed by atoms with Crippen LogP contribution in [0.2, 0.25) is 0 Å². The fourth-order valence-electron chi connectivity index (χ4n) is 3.93. The van der Waals surface area contributed by atoms with Crippen molar-refractivity contribution in [1.29, 1.82) is 0 Å². The fraction of sp³-hybridized carbons (Fsp3) is 0.375. The zero-order valence-corrected chi connectivity index (χ0v) is 18.7. The van der Waals surface area contributed by atoms with Crippen LogP contribution in [-0.4, -0.2) is 41.3 Å². The minimum atomic E-state index is -0.156. The fourth-order valence-corrected chi connectivity index (χ4v) is 5.02. The van der Waals surface area contributed by atoms with Gasteiger partial charge in [-0.2, -0.15) is 0 Å². The van der Waals surface area contributed by atoms with Crippen molar-refractivity contribution < 1.29 is 9.59 Å². The molecule has 2 aromatic carbocycles. The van der Waals surface area contributed by atoms with Crippen molar-refractivity contribution in [2.45, 2.75) is 44.7 Å². The number of benzene rings is 2. The molecule has 0 saturated heterocycles. The number of carbonyl (C=O) groups is 2. The van der Waals surface area contributed by atoms with Gasteiger partial charge in [0.2, 0.25) is 5.91 Å². The molecular weight excluding hydrogens is 408 g/mol. The van der Waals surface area contributed by atoms with Crippen LogP contribution in [0.4, 0.5) is 5.69 Å². The number of rotatable bonds is 7. The van der Waals surface area contributed by atoms with Gasteiger partial charge in [-0.15, -0.1) is 11.3 Å². The Balaban J connectivity index is 1.39. The second kappa shape index (κ2) is 9.58. The summed E-state index contributed by atoms with van der Waals surface area (Å²) < 4.78 is 1.14. The van der Waals surface area contributed by atoms with Crippen LogP contribution in [-0.2, 0) is 4.79 Å². The van der Waals surface area contributed by atoms with Crippen molar-refractivity contribution in [3.8, 4) is 0 Å². The second-order valence-corrected chi connectivity index (χ2v) is 9.22. The maximum absolute atomic E-state index is 12.7. The van der Waals surface area contributed by atoms with Crippen molar-refractivity contribution in [2.75, 3.05) is 18.9 Å². The summed E-state index contributed by atoms with van der Waals surface area (Å²) in [5.41, 5.74) is 2.03. The van der Waals surface area contributed by atoms with Crippen molar-refractivity contribution in [1.82, 2.24) is 15.2 Å². The normalized spacial score (nSPS) is 15.3. The molecule has 1 fully saturated rings. The van der Waals surface area contributed by atoms with Crippen LogP contribution in [0.3, 0.4) is 0 Å². The van der Waals surface area contributed by atoms with Crippen LogP contribution in [0, 0.1) is 0 Å². The van der Waals surface area contributed by atoms with Crippen molar-refractivity contribution in [2.24, 2.45) is 0 Å². The van der Waals surface area contributed by atoms with Crippen LogP contribution >= 0.6 is 11.3 Å². The number of aromatic nitrogens is 1. The first-order chi connectivity index (χ1) is 15.0. The van der Waals surface area contributed by atoms with Crippen LogP contribution in [0.25, 0.3) is 10.2 Å². The molecule has 31 heavy (non-hydrogen) atoms. The molecule has 1 aliphatic carbocycles. The van der Waals surface area contributed by atoms with E-state index in [0.717, 1.165) is 40.9 Å². The summed E-state index contributed by atoms with van der Waals surface area (Å²) in [6.45, 7) is 2.25. The molecule has 2 N–H and O–H groups in total. The van der Waals surface area contributed by atoms with Gasteiger partial charge in [0.05, 0.1) is 34.1 Å². The maximum atomic E-state index is 12.7. The number of hydrogen-bond donors (Lipinski definition) is 2. The molecule has 162 valence electrons. The number of fused-ring (bicyclic) bond motifs is 1. The number of carbonyl (C=O) groups excluding carboxylic acids is 2. The monoisotopic (exact) mass is 436 g/mol. The summed E-state index contributed by atoms with van der Waals surface area (Å²) in [5.74, 6) is -0.282. The van der Waals surface area contributed by atoms with Gasteiger partial charge in [-0.1, -0.05) is 37.1 Å². The van der Waals surface area contributed by atoms with Gasteiger partial charge in [-0.25, -0.2) is 4.98 Å². The SMILES string of the molecule is C[C@@H](c1nc2ccccc2s1)N(C)CC(=O)Nc1ccccc1C(=O)NC1CCCC1. The Bertz CT molecular complexity index is 1040. The Morgan fingerprint density at radius 3 is 2.61 bits per heavy atom. The molecule has 4 rings (SSSR count). The number of para-hydroxylation sites is 2. The summed E-state index contributed by atoms with van der Waals surface area (Å²) in [5, 5.41) is 7.00. The lowest BCUT2D eigenvalue weighted by Gasteiger charge is -2.22. The van der Waals surface area contributed by atoms with E-state index in [4.69, 9.17) is 4.98 Å². The van der Waals surface area contributed by atoms with Gasteiger partial charge in [0.1, 0.15) is 5.01 Å². The van der Waals surface area contributed by atoms with E-state index in [9.17, 15) is 9.59 Å². The molecule has 0 spiro atoms. The molecule has 1 heterocycles. The van der Waals surface area contributed by atoms with E-state index >= 15 is 0 Å². The third-order valence-corrected chi connectivity index (χ3v) is 7.06. The van der Waals surface area contributed by atoms with Gasteiger partial charge in [-0.3, -0.25) is 14.5 Å². The third-order valence-electron chi connectivity index (χ3n) is 5.86. The number of hydrogen-bond acceptors (Lipinski definition) is 5. The highest BCUT2D eigenvalue weighted by Crippen LogP contribution is 2.28. The minimum absolute atomic E-state index is 0.00376. The number of thiazole rings is 1. The summed E-state index contributed by atoms with van der Waals surface area (Å²) in [6, 6.07) is 15.5. The molecule has 1 aromatic heterocycles. The van der Waals surface area contributed by atoms with E-state index in [2.05, 4.69) is 16.7 Å². The second-order valence-electron chi connectivity index (χ2n) is 8.16. The molecule has 0 bridgehead atoms. The lowest BCUT2D eigenvalue weighted by atomic mass is 10.1. The molecule has 1 aliphatic rings. The van der Waals surface area contributed by atoms with Gasteiger partial charge < -0.3 is 10.6 Å². The van der Waals surface area contributed by atoms with Crippen LogP contribution < -0.4 is 10.6 Å². The third kappa shape index (κ3) is 5.11. The van der Waals surface area contributed by atoms with Crippen molar-refractivity contribution >= 4 is 39.1 Å². The van der Waals surface area contributed by atoms with E-state index < -0.39 is 0 Å². The highest BCUT2D eigenvalue weighted by Gasteiger charge is 2.22. The largest absolute Gasteiger partial charge is 0.349 e. The molecule has 2 amide bonds. The first-order valence-corrected chi connectivity index (χ1v) is 11.6. The number of anilines is 1. The Morgan fingerprint density at radius 2 is 1.84 bits per heavy atom. The lowest BCUT2D eigenvalue weighted by Crippen LogP contribution is -2.35. The Labute approximate surface area is 186 Å². The van der Waals surface area contributed by atoms with E-state index in [-0.39, 0.29) is 30.4 Å². The predicted octanol–water partition coefficient (Wildman–Crippen LogP) is 4.60. The molecule has 0 unspecified atom stereocenters. The lowest BCUT2D eigenvalue weighted by molar-refractivity contribution is -0.117. The molecule has 0 radical (unpaired) electrons. The molecule has 1 atom stereocenters. The average molecular weight is 437 g/mol. The van der Waals surface area contributed by atoms with Crippen LogP contribution in [0.1, 0.15) is 54.0 Å². The van der Waals surface area contributed by atoms with E-state index in [0.29, 0.717) is 11.3 Å². The maximum Gasteiger partial charge on any atom is 0.253 e. The number of nitrogens with zero attached hydrogens (tertiary/aromatic N) is 2. The van der Waals surface area contributed by atoms with Crippen molar-refractivity contribution in [3.63, 3.8) is 0 Å². The Hall–Kier alpha value is -2.77. The predicted molar refractivity (Wildman–Crippen MR) is 125 cm³/mol. The Kier molecular flexibility index (Phi) is 6.63. The average Bonchev–Trinajstić information content (AvgIpc) is 3.42. The molecular formula is C24H28N4O2S. The number of likely N-dealkylation sites (N-methyl/N-ethyl adjacent to an activating group) is 1. The van der Waals surface area contributed by atoms with Crippen LogP contribution in [0.15, 0.2) is 48.5 Å². The summed E-state index contributed by atoms with van der Waals surface area (Å²) in [7, 11) is 1.91. The zero-order valence-electron chi connectivity index (χ0n) is 17.9. The number of nitrogens with one attached hydrogen (secondary N) is 2. The first kappa shape index (κ1) is 21.5. The van der Waals surface area contributed by atoms with E-state index in [1.807, 2.05) is 49.2 Å². The zero-order chi connectivity index (χ0) is 21.8. The topological polar surface area (TPSA) is 74.3 Å². The summed E-state index contributed by atoms with van der Waals surface area (Å²) >= 11 is 1.65. The first-order valence-electron chi connectivity index (χ1n) is 10.8. The van der Waals surface area contributed by atoms with Gasteiger partial charge in [-0.05, 0) is 51.1 Å². The van der Waals surface area contributed by atoms with Gasteiger partial charge >= 0.3 is 0 Å². The molecule has 3 aromatic rings. The number of amides is 2. The van der Waals surface area contributed by atoms with Crippen molar-refractivity contribution in [3.05, 3.63) is 59.1 Å². The minimum Gasteiger partial charge on any atom is -0.349 e. The molecule has 1 saturated carbocycles. The summed E-state index contributed by atoms with van der Waals surface area (Å²) in [4.78, 5) is 32.1. The van der Waals surface area contributed by atoms with Gasteiger partial charge in [0, 0.05) is 6.04 Å². The van der Waals surface area contributed by atoms with Gasteiger partial charge in [0.25, 0.3) is 5.91 Å². The van der Waals surface area contributed by atoms with Crippen LogP contribution in [0.5, 0.6) is 0 Å². The molecule has 6 nitrogen and oxygen atoms in total. The molecule has 7 heteroatoms. The Morgan fingerprint density at radius 1 is 1.13 bits per heavy atom. The molecule has 0 aliphatic heterocycles. The quantitative estimate of drug-likeness (QED) is 0.568. The standard InChI is InChI=1S/C24H28N4O2S/c1-16(24-27-20-13-7-8-14-21(20)31-24)28(2)15-22(29)26-19-12-6-5-11-18(19)23(30)25-17-9-3-4-10-17/h5-8,11-14,16-17H,3-4,9-10,15H2,1-2H3,(H,25,30)(H,26,29)/t16-/m0/s1.